The number of amides is 2. The number of nitrogens with zero attached hydrogens (tertiary/aromatic N) is 4. The van der Waals surface area contributed by atoms with Gasteiger partial charge in [-0.3, -0.25) is 9.59 Å². The van der Waals surface area contributed by atoms with Gasteiger partial charge in [-0.05, 0) is 106 Å². The first-order valence-electron chi connectivity index (χ1n) is 17.4. The summed E-state index contributed by atoms with van der Waals surface area (Å²) < 4.78 is 2.01. The summed E-state index contributed by atoms with van der Waals surface area (Å²) >= 11 is 6.45. The number of hydrogen-bond acceptors (Lipinski definition) is 5. The Labute approximate surface area is 289 Å². The van der Waals surface area contributed by atoms with E-state index in [0.717, 1.165) is 86.3 Å². The highest BCUT2D eigenvalue weighted by Gasteiger charge is 2.36. The number of nitrogens with one attached hydrogen (secondary N) is 2. The third-order valence-electron chi connectivity index (χ3n) is 10.7. The lowest BCUT2D eigenvalue weighted by atomic mass is 9.89. The number of halogens is 1. The summed E-state index contributed by atoms with van der Waals surface area (Å²) in [6.07, 6.45) is 3.45. The monoisotopic (exact) mass is 666 g/mol. The zero-order valence-electron chi connectivity index (χ0n) is 28.3. The molecule has 3 aromatic carbocycles. The molecule has 7 rings (SSSR count). The average molecular weight is 667 g/mol. The van der Waals surface area contributed by atoms with E-state index in [1.54, 1.807) is 0 Å². The minimum atomic E-state index is -0.333. The van der Waals surface area contributed by atoms with E-state index in [4.69, 9.17) is 11.6 Å². The molecule has 252 valence electrons. The Kier molecular flexibility index (Phi) is 9.49. The topological polar surface area (TPSA) is 72.8 Å². The summed E-state index contributed by atoms with van der Waals surface area (Å²) in [5, 5.41) is 9.14. The highest BCUT2D eigenvalue weighted by atomic mass is 35.5. The minimum Gasteiger partial charge on any atom is -0.384 e. The summed E-state index contributed by atoms with van der Waals surface area (Å²) in [6.45, 7) is 4.61. The van der Waals surface area contributed by atoms with E-state index in [1.165, 1.54) is 11.3 Å². The molecular formula is C39H47ClN6O2. The number of hydrogen-bond donors (Lipinski definition) is 2. The Balaban J connectivity index is 1.06. The second-order valence-corrected chi connectivity index (χ2v) is 14.7. The molecule has 3 aliphatic rings. The lowest BCUT2D eigenvalue weighted by Crippen LogP contribution is -2.53. The van der Waals surface area contributed by atoms with Crippen molar-refractivity contribution in [2.75, 3.05) is 63.6 Å². The van der Waals surface area contributed by atoms with Crippen molar-refractivity contribution in [1.29, 1.82) is 0 Å². The van der Waals surface area contributed by atoms with Crippen molar-refractivity contribution < 1.29 is 9.59 Å². The Hall–Kier alpha value is -3.85. The fraction of sp³-hybridized carbons (Fsp3) is 0.436. The van der Waals surface area contributed by atoms with E-state index in [2.05, 4.69) is 66.0 Å². The van der Waals surface area contributed by atoms with Crippen LogP contribution in [0.15, 0.2) is 72.8 Å². The van der Waals surface area contributed by atoms with E-state index in [9.17, 15) is 9.59 Å². The third-order valence-corrected chi connectivity index (χ3v) is 10.9. The SMILES string of the molecule is CN(C)C[C@H]1Cc2cc(Cl)ccc2N(C(=O)[C@@H](CC2CNc3ccccc32)NCC2CCN(C(=O)c3cc4ccccc4n3C)CC2)C1. The van der Waals surface area contributed by atoms with Crippen LogP contribution in [0.25, 0.3) is 10.9 Å². The van der Waals surface area contributed by atoms with Gasteiger partial charge in [0.1, 0.15) is 5.69 Å². The first kappa shape index (κ1) is 32.7. The zero-order valence-corrected chi connectivity index (χ0v) is 29.0. The first-order valence-corrected chi connectivity index (χ1v) is 17.8. The van der Waals surface area contributed by atoms with Gasteiger partial charge in [-0.2, -0.15) is 0 Å². The summed E-state index contributed by atoms with van der Waals surface area (Å²) in [7, 11) is 6.16. The highest BCUT2D eigenvalue weighted by Crippen LogP contribution is 2.37. The quantitative estimate of drug-likeness (QED) is 0.229. The van der Waals surface area contributed by atoms with Gasteiger partial charge in [-0.1, -0.05) is 48.0 Å². The normalized spacial score (nSPS) is 20.1. The van der Waals surface area contributed by atoms with E-state index < -0.39 is 0 Å². The summed E-state index contributed by atoms with van der Waals surface area (Å²) in [5.41, 5.74) is 6.39. The lowest BCUT2D eigenvalue weighted by Gasteiger charge is -2.38. The maximum atomic E-state index is 14.7. The molecule has 1 unspecified atom stereocenters. The molecule has 1 saturated heterocycles. The minimum absolute atomic E-state index is 0.0942. The van der Waals surface area contributed by atoms with Crippen molar-refractivity contribution in [1.82, 2.24) is 19.7 Å². The predicted molar refractivity (Wildman–Crippen MR) is 195 cm³/mol. The molecule has 2 amide bonds. The fourth-order valence-electron chi connectivity index (χ4n) is 8.18. The van der Waals surface area contributed by atoms with E-state index in [0.29, 0.717) is 23.4 Å². The zero-order chi connectivity index (χ0) is 33.4. The van der Waals surface area contributed by atoms with Gasteiger partial charge in [0.05, 0.1) is 6.04 Å². The van der Waals surface area contributed by atoms with E-state index in [1.807, 2.05) is 57.8 Å². The van der Waals surface area contributed by atoms with E-state index in [-0.39, 0.29) is 23.8 Å². The molecular weight excluding hydrogens is 620 g/mol. The number of likely N-dealkylation sites (tertiary alicyclic amines) is 1. The maximum Gasteiger partial charge on any atom is 0.270 e. The number of para-hydroxylation sites is 2. The first-order chi connectivity index (χ1) is 23.2. The van der Waals surface area contributed by atoms with Crippen molar-refractivity contribution in [3.63, 3.8) is 0 Å². The van der Waals surface area contributed by atoms with Crippen LogP contribution in [0.1, 0.15) is 46.8 Å². The molecule has 0 radical (unpaired) electrons. The number of fused-ring (bicyclic) bond motifs is 3. The summed E-state index contributed by atoms with van der Waals surface area (Å²) in [4.78, 5) is 34.5. The second kappa shape index (κ2) is 13.9. The fourth-order valence-corrected chi connectivity index (χ4v) is 8.37. The number of piperidine rings is 1. The number of rotatable bonds is 9. The molecule has 0 aliphatic carbocycles. The van der Waals surface area contributed by atoms with Crippen molar-refractivity contribution in [2.45, 2.75) is 37.6 Å². The average Bonchev–Trinajstić information content (AvgIpc) is 3.66. The van der Waals surface area contributed by atoms with Crippen LogP contribution in [-0.4, -0.2) is 85.6 Å². The highest BCUT2D eigenvalue weighted by molar-refractivity contribution is 6.30. The molecule has 0 saturated carbocycles. The van der Waals surface area contributed by atoms with Crippen molar-refractivity contribution >= 4 is 45.7 Å². The standard InChI is InChI=1S/C39H47ClN6O2/c1-43(2)24-27-18-29-19-31(40)12-13-36(29)46(25-27)38(47)34(20-30-23-42-33-10-6-5-9-32(30)33)41-22-26-14-16-45(17-15-26)39(48)37-21-28-8-4-7-11-35(28)44(37)3/h4-13,19,21,26-27,30,34,41-42H,14-18,20,22-25H2,1-3H3/t27-,30?,34-/m1/s1. The predicted octanol–water partition coefficient (Wildman–Crippen LogP) is 6.01. The largest absolute Gasteiger partial charge is 0.384 e. The smallest absolute Gasteiger partial charge is 0.270 e. The molecule has 1 fully saturated rings. The number of aryl methyl sites for hydroxylation is 1. The van der Waals surface area contributed by atoms with Crippen LogP contribution in [0.4, 0.5) is 11.4 Å². The van der Waals surface area contributed by atoms with Crippen LogP contribution in [0.2, 0.25) is 5.02 Å². The molecule has 48 heavy (non-hydrogen) atoms. The molecule has 4 aromatic rings. The molecule has 1 aromatic heterocycles. The van der Waals surface area contributed by atoms with Crippen LogP contribution in [-0.2, 0) is 18.3 Å². The van der Waals surface area contributed by atoms with Gasteiger partial charge in [-0.15, -0.1) is 0 Å². The Morgan fingerprint density at radius 3 is 2.56 bits per heavy atom. The molecule has 8 nitrogen and oxygen atoms in total. The van der Waals surface area contributed by atoms with Crippen LogP contribution in [0, 0.1) is 11.8 Å². The van der Waals surface area contributed by atoms with E-state index >= 15 is 0 Å². The Morgan fingerprint density at radius 1 is 1.00 bits per heavy atom. The lowest BCUT2D eigenvalue weighted by molar-refractivity contribution is -0.121. The number of carbonyl (C=O) groups excluding carboxylic acids is 2. The second-order valence-electron chi connectivity index (χ2n) is 14.3. The molecule has 3 atom stereocenters. The molecule has 4 heterocycles. The van der Waals surface area contributed by atoms with Crippen LogP contribution < -0.4 is 15.5 Å². The molecule has 3 aliphatic heterocycles. The van der Waals surface area contributed by atoms with Crippen molar-refractivity contribution in [2.24, 2.45) is 18.9 Å². The number of carbonyl (C=O) groups is 2. The van der Waals surface area contributed by atoms with Gasteiger partial charge in [0, 0.05) is 73.0 Å². The van der Waals surface area contributed by atoms with Crippen LogP contribution >= 0.6 is 11.6 Å². The van der Waals surface area contributed by atoms with Crippen LogP contribution in [0.3, 0.4) is 0 Å². The molecule has 0 bridgehead atoms. The Bertz CT molecular complexity index is 1790. The van der Waals surface area contributed by atoms with Gasteiger partial charge in [0.15, 0.2) is 0 Å². The number of benzene rings is 3. The van der Waals surface area contributed by atoms with Crippen molar-refractivity contribution in [3.8, 4) is 0 Å². The van der Waals surface area contributed by atoms with Gasteiger partial charge >= 0.3 is 0 Å². The number of anilines is 2. The molecule has 9 heteroatoms. The van der Waals surface area contributed by atoms with Crippen LogP contribution in [0.5, 0.6) is 0 Å². The Morgan fingerprint density at radius 2 is 1.77 bits per heavy atom. The van der Waals surface area contributed by atoms with Gasteiger partial charge < -0.3 is 29.9 Å². The number of aromatic nitrogens is 1. The maximum absolute atomic E-state index is 14.7. The third kappa shape index (κ3) is 6.71. The molecule has 0 spiro atoms. The van der Waals surface area contributed by atoms with Gasteiger partial charge in [0.25, 0.3) is 5.91 Å². The van der Waals surface area contributed by atoms with Gasteiger partial charge in [0.2, 0.25) is 5.91 Å². The summed E-state index contributed by atoms with van der Waals surface area (Å²) in [5.74, 6) is 1.19. The summed E-state index contributed by atoms with van der Waals surface area (Å²) in [6, 6.07) is 24.2. The van der Waals surface area contributed by atoms with Crippen molar-refractivity contribution in [3.05, 3.63) is 94.6 Å². The van der Waals surface area contributed by atoms with Gasteiger partial charge in [-0.25, -0.2) is 0 Å². The molecule has 2 N–H and O–H groups in total.